The second kappa shape index (κ2) is 5.78. The smallest absolute Gasteiger partial charge is 0.0839 e. The number of aryl methyl sites for hydroxylation is 2. The summed E-state index contributed by atoms with van der Waals surface area (Å²) in [6.45, 7) is 5.24. The van der Waals surface area contributed by atoms with Crippen molar-refractivity contribution in [3.05, 3.63) is 47.5 Å². The van der Waals surface area contributed by atoms with Crippen LogP contribution in [0.1, 0.15) is 36.2 Å². The minimum absolute atomic E-state index is 0.125. The molecular weight excluding hydrogens is 224 g/mol. The summed E-state index contributed by atoms with van der Waals surface area (Å²) in [5, 5.41) is 8.05. The van der Waals surface area contributed by atoms with Gasteiger partial charge in [0.1, 0.15) is 0 Å². The van der Waals surface area contributed by atoms with Gasteiger partial charge in [0.05, 0.1) is 11.7 Å². The standard InChI is InChI=1S/C14H20N4/c1-4-7-16-14(13-6-9-18(3)17-13)12-10-15-8-5-11(12)2/h5-6,8-10,14,16H,4,7H2,1-3H3. The topological polar surface area (TPSA) is 42.7 Å². The highest BCUT2D eigenvalue weighted by Gasteiger charge is 2.17. The van der Waals surface area contributed by atoms with E-state index in [1.807, 2.05) is 36.4 Å². The van der Waals surface area contributed by atoms with Gasteiger partial charge in [-0.05, 0) is 43.1 Å². The maximum Gasteiger partial charge on any atom is 0.0839 e. The Bertz CT molecular complexity index is 504. The monoisotopic (exact) mass is 244 g/mol. The molecule has 1 N–H and O–H groups in total. The number of nitrogens with zero attached hydrogens (tertiary/aromatic N) is 3. The number of hydrogen-bond acceptors (Lipinski definition) is 3. The van der Waals surface area contributed by atoms with E-state index in [1.54, 1.807) is 0 Å². The van der Waals surface area contributed by atoms with Gasteiger partial charge in [-0.25, -0.2) is 0 Å². The normalized spacial score (nSPS) is 12.6. The number of nitrogens with one attached hydrogen (secondary N) is 1. The van der Waals surface area contributed by atoms with Gasteiger partial charge in [-0.3, -0.25) is 9.67 Å². The van der Waals surface area contributed by atoms with E-state index in [9.17, 15) is 0 Å². The number of aromatic nitrogens is 3. The van der Waals surface area contributed by atoms with Crippen molar-refractivity contribution in [2.75, 3.05) is 6.54 Å². The van der Waals surface area contributed by atoms with Crippen LogP contribution in [0.4, 0.5) is 0 Å². The van der Waals surface area contributed by atoms with Crippen LogP contribution >= 0.6 is 0 Å². The number of rotatable bonds is 5. The lowest BCUT2D eigenvalue weighted by molar-refractivity contribution is 0.572. The van der Waals surface area contributed by atoms with Crippen molar-refractivity contribution in [1.82, 2.24) is 20.1 Å². The van der Waals surface area contributed by atoms with Crippen molar-refractivity contribution < 1.29 is 0 Å². The van der Waals surface area contributed by atoms with Gasteiger partial charge in [0.25, 0.3) is 0 Å². The molecular formula is C14H20N4. The molecule has 0 amide bonds. The molecule has 2 aromatic rings. The predicted molar refractivity (Wildman–Crippen MR) is 72.3 cm³/mol. The van der Waals surface area contributed by atoms with Gasteiger partial charge in [-0.1, -0.05) is 6.92 Å². The lowest BCUT2D eigenvalue weighted by atomic mass is 10.0. The summed E-state index contributed by atoms with van der Waals surface area (Å²) in [6.07, 6.45) is 6.83. The first-order chi connectivity index (χ1) is 8.72. The van der Waals surface area contributed by atoms with Crippen molar-refractivity contribution in [1.29, 1.82) is 0 Å². The molecule has 0 radical (unpaired) electrons. The Hall–Kier alpha value is -1.68. The average Bonchev–Trinajstić information content (AvgIpc) is 2.78. The Morgan fingerprint density at radius 2 is 2.22 bits per heavy atom. The molecule has 0 spiro atoms. The van der Waals surface area contributed by atoms with Crippen LogP contribution in [0, 0.1) is 6.92 Å². The first-order valence-electron chi connectivity index (χ1n) is 6.35. The van der Waals surface area contributed by atoms with Crippen LogP contribution in [0.5, 0.6) is 0 Å². The molecule has 1 atom stereocenters. The second-order valence-corrected chi connectivity index (χ2v) is 4.53. The summed E-state index contributed by atoms with van der Waals surface area (Å²) in [4.78, 5) is 4.23. The Morgan fingerprint density at radius 3 is 2.83 bits per heavy atom. The predicted octanol–water partition coefficient (Wildman–Crippen LogP) is 2.21. The highest BCUT2D eigenvalue weighted by molar-refractivity contribution is 5.31. The largest absolute Gasteiger partial charge is 0.305 e. The minimum Gasteiger partial charge on any atom is -0.305 e. The molecule has 0 aliphatic rings. The maximum atomic E-state index is 4.51. The summed E-state index contributed by atoms with van der Waals surface area (Å²) in [5.41, 5.74) is 3.48. The van der Waals surface area contributed by atoms with E-state index in [0.717, 1.165) is 18.7 Å². The van der Waals surface area contributed by atoms with E-state index >= 15 is 0 Å². The molecule has 0 bridgehead atoms. The molecule has 0 aliphatic heterocycles. The zero-order valence-corrected chi connectivity index (χ0v) is 11.2. The molecule has 0 fully saturated rings. The van der Waals surface area contributed by atoms with Crippen LogP contribution in [0.2, 0.25) is 0 Å². The highest BCUT2D eigenvalue weighted by Crippen LogP contribution is 2.22. The van der Waals surface area contributed by atoms with Crippen LogP contribution in [0.25, 0.3) is 0 Å². The Kier molecular flexibility index (Phi) is 4.10. The van der Waals surface area contributed by atoms with Gasteiger partial charge in [0, 0.05) is 25.6 Å². The SMILES string of the molecule is CCCNC(c1ccn(C)n1)c1cnccc1C. The quantitative estimate of drug-likeness (QED) is 0.877. The van der Waals surface area contributed by atoms with Crippen LogP contribution in [-0.4, -0.2) is 21.3 Å². The Morgan fingerprint density at radius 1 is 1.39 bits per heavy atom. The number of hydrogen-bond donors (Lipinski definition) is 1. The van der Waals surface area contributed by atoms with Crippen LogP contribution in [0.3, 0.4) is 0 Å². The Balaban J connectivity index is 2.33. The zero-order chi connectivity index (χ0) is 13.0. The third-order valence-corrected chi connectivity index (χ3v) is 3.02. The lowest BCUT2D eigenvalue weighted by Gasteiger charge is -2.18. The molecule has 2 rings (SSSR count). The summed E-state index contributed by atoms with van der Waals surface area (Å²) < 4.78 is 1.83. The summed E-state index contributed by atoms with van der Waals surface area (Å²) in [5.74, 6) is 0. The van der Waals surface area contributed by atoms with E-state index in [4.69, 9.17) is 0 Å². The number of pyridine rings is 1. The van der Waals surface area contributed by atoms with E-state index in [2.05, 4.69) is 35.3 Å². The summed E-state index contributed by atoms with van der Waals surface area (Å²) in [6, 6.07) is 4.22. The first-order valence-corrected chi connectivity index (χ1v) is 6.35. The molecule has 0 aromatic carbocycles. The highest BCUT2D eigenvalue weighted by atomic mass is 15.3. The third-order valence-electron chi connectivity index (χ3n) is 3.02. The third kappa shape index (κ3) is 2.76. The van der Waals surface area contributed by atoms with Crippen molar-refractivity contribution in [3.63, 3.8) is 0 Å². The van der Waals surface area contributed by atoms with Gasteiger partial charge in [0.15, 0.2) is 0 Å². The zero-order valence-electron chi connectivity index (χ0n) is 11.2. The molecule has 0 saturated heterocycles. The van der Waals surface area contributed by atoms with Crippen LogP contribution in [0.15, 0.2) is 30.7 Å². The van der Waals surface area contributed by atoms with Gasteiger partial charge in [-0.15, -0.1) is 0 Å². The fourth-order valence-corrected chi connectivity index (χ4v) is 2.03. The van der Waals surface area contributed by atoms with E-state index in [1.165, 1.54) is 11.1 Å². The first kappa shape index (κ1) is 12.8. The molecule has 0 aliphatic carbocycles. The average molecular weight is 244 g/mol. The van der Waals surface area contributed by atoms with Crippen molar-refractivity contribution in [2.45, 2.75) is 26.3 Å². The van der Waals surface area contributed by atoms with Gasteiger partial charge in [0.2, 0.25) is 0 Å². The fraction of sp³-hybridized carbons (Fsp3) is 0.429. The van der Waals surface area contributed by atoms with Crippen molar-refractivity contribution in [2.24, 2.45) is 7.05 Å². The molecule has 0 saturated carbocycles. The van der Waals surface area contributed by atoms with Crippen LogP contribution in [-0.2, 0) is 7.05 Å². The Labute approximate surface area is 108 Å². The van der Waals surface area contributed by atoms with Gasteiger partial charge < -0.3 is 5.32 Å². The van der Waals surface area contributed by atoms with E-state index in [-0.39, 0.29) is 6.04 Å². The van der Waals surface area contributed by atoms with Crippen molar-refractivity contribution >= 4 is 0 Å². The lowest BCUT2D eigenvalue weighted by Crippen LogP contribution is -2.24. The van der Waals surface area contributed by atoms with Gasteiger partial charge in [-0.2, -0.15) is 5.10 Å². The molecule has 2 aromatic heterocycles. The molecule has 18 heavy (non-hydrogen) atoms. The molecule has 4 nitrogen and oxygen atoms in total. The van der Waals surface area contributed by atoms with Crippen LogP contribution < -0.4 is 5.32 Å². The second-order valence-electron chi connectivity index (χ2n) is 4.53. The molecule has 1 unspecified atom stereocenters. The molecule has 96 valence electrons. The molecule has 2 heterocycles. The summed E-state index contributed by atoms with van der Waals surface area (Å²) in [7, 11) is 1.94. The van der Waals surface area contributed by atoms with Crippen molar-refractivity contribution in [3.8, 4) is 0 Å². The summed E-state index contributed by atoms with van der Waals surface area (Å²) >= 11 is 0. The molecule has 4 heteroatoms. The van der Waals surface area contributed by atoms with E-state index < -0.39 is 0 Å². The minimum atomic E-state index is 0.125. The van der Waals surface area contributed by atoms with E-state index in [0.29, 0.717) is 0 Å². The maximum absolute atomic E-state index is 4.51. The van der Waals surface area contributed by atoms with Gasteiger partial charge >= 0.3 is 0 Å². The fourth-order valence-electron chi connectivity index (χ4n) is 2.03.